The first-order valence-corrected chi connectivity index (χ1v) is 11.6. The third-order valence-electron chi connectivity index (χ3n) is 5.49. The maximum Gasteiger partial charge on any atom is 0.339 e. The van der Waals surface area contributed by atoms with Gasteiger partial charge in [0.2, 0.25) is 0 Å². The number of para-hydroxylation sites is 1. The topological polar surface area (TPSA) is 104 Å². The van der Waals surface area contributed by atoms with Crippen LogP contribution in [0.3, 0.4) is 0 Å². The van der Waals surface area contributed by atoms with E-state index >= 15 is 0 Å². The summed E-state index contributed by atoms with van der Waals surface area (Å²) in [5.41, 5.74) is 2.71. The number of fused-ring (bicyclic) bond motifs is 1. The number of anilines is 1. The van der Waals surface area contributed by atoms with Crippen LogP contribution in [0.4, 0.5) is 5.69 Å². The first-order chi connectivity index (χ1) is 17.5. The summed E-state index contributed by atoms with van der Waals surface area (Å²) in [6.45, 7) is 3.53. The van der Waals surface area contributed by atoms with E-state index in [-0.39, 0.29) is 18.7 Å². The molecular weight excluding hydrogens is 460 g/mol. The Morgan fingerprint density at radius 1 is 0.944 bits per heavy atom. The van der Waals surface area contributed by atoms with Gasteiger partial charge in [-0.2, -0.15) is 5.10 Å². The first kappa shape index (κ1) is 24.6. The minimum Gasteiger partial charge on any atom is -0.465 e. The molecule has 36 heavy (non-hydrogen) atoms. The fourth-order valence-electron chi connectivity index (χ4n) is 3.75. The van der Waals surface area contributed by atoms with Gasteiger partial charge in [-0.15, -0.1) is 0 Å². The quantitative estimate of drug-likeness (QED) is 0.331. The van der Waals surface area contributed by atoms with E-state index in [1.165, 1.54) is 4.90 Å². The van der Waals surface area contributed by atoms with E-state index in [0.29, 0.717) is 29.0 Å². The number of aromatic nitrogens is 3. The molecule has 9 nitrogen and oxygen atoms in total. The maximum absolute atomic E-state index is 13.2. The Morgan fingerprint density at radius 3 is 2.31 bits per heavy atom. The van der Waals surface area contributed by atoms with Crippen LogP contribution in [-0.2, 0) is 25.6 Å². The molecule has 2 aromatic carbocycles. The zero-order valence-corrected chi connectivity index (χ0v) is 20.1. The van der Waals surface area contributed by atoms with Crippen molar-refractivity contribution in [1.29, 1.82) is 0 Å². The van der Waals surface area contributed by atoms with E-state index in [1.54, 1.807) is 54.2 Å². The third-order valence-corrected chi connectivity index (χ3v) is 5.49. The Kier molecular flexibility index (Phi) is 7.69. The Labute approximate surface area is 208 Å². The summed E-state index contributed by atoms with van der Waals surface area (Å²) in [4.78, 5) is 44.2. The summed E-state index contributed by atoms with van der Waals surface area (Å²) in [7, 11) is 0. The number of pyridine rings is 1. The van der Waals surface area contributed by atoms with Crippen molar-refractivity contribution in [3.8, 4) is 11.3 Å². The van der Waals surface area contributed by atoms with E-state index < -0.39 is 24.5 Å². The lowest BCUT2D eigenvalue weighted by molar-refractivity contribution is -0.142. The summed E-state index contributed by atoms with van der Waals surface area (Å²) in [5.74, 6) is -1.80. The molecule has 0 aliphatic heterocycles. The zero-order chi connectivity index (χ0) is 25.5. The summed E-state index contributed by atoms with van der Waals surface area (Å²) in [6.07, 6.45) is 1.57. The minimum atomic E-state index is -0.687. The van der Waals surface area contributed by atoms with Crippen molar-refractivity contribution in [3.05, 3.63) is 78.5 Å². The fourth-order valence-corrected chi connectivity index (χ4v) is 3.75. The molecule has 1 amide bonds. The summed E-state index contributed by atoms with van der Waals surface area (Å²) < 4.78 is 12.1. The standard InChI is InChI=1S/C27H26N4O5/c1-3-31-26-22(16-28-31)21(15-23(29-26)19-11-7-5-8-12-19)27(34)36-18-24(32)30(17-25(33)35-4-2)20-13-9-6-10-14-20/h5-16H,3-4,17-18H2,1-2H3. The third kappa shape index (κ3) is 5.41. The van der Waals surface area contributed by atoms with Gasteiger partial charge in [0.15, 0.2) is 12.3 Å². The van der Waals surface area contributed by atoms with Crippen LogP contribution in [0.1, 0.15) is 24.2 Å². The van der Waals surface area contributed by atoms with Crippen LogP contribution in [0.5, 0.6) is 0 Å². The highest BCUT2D eigenvalue weighted by Gasteiger charge is 2.23. The smallest absolute Gasteiger partial charge is 0.339 e. The Morgan fingerprint density at radius 2 is 1.64 bits per heavy atom. The van der Waals surface area contributed by atoms with E-state index in [4.69, 9.17) is 14.5 Å². The predicted molar refractivity (Wildman–Crippen MR) is 134 cm³/mol. The lowest BCUT2D eigenvalue weighted by Gasteiger charge is -2.21. The lowest BCUT2D eigenvalue weighted by atomic mass is 10.1. The van der Waals surface area contributed by atoms with Crippen molar-refractivity contribution in [3.63, 3.8) is 0 Å². The van der Waals surface area contributed by atoms with Gasteiger partial charge in [-0.25, -0.2) is 14.5 Å². The number of ether oxygens (including phenoxy) is 2. The summed E-state index contributed by atoms with van der Waals surface area (Å²) in [5, 5.41) is 4.85. The molecule has 0 saturated carbocycles. The number of aryl methyl sites for hydroxylation is 1. The number of carbonyl (C=O) groups is 3. The highest BCUT2D eigenvalue weighted by molar-refractivity contribution is 6.05. The van der Waals surface area contributed by atoms with Gasteiger partial charge in [-0.3, -0.25) is 14.5 Å². The van der Waals surface area contributed by atoms with Gasteiger partial charge in [0.05, 0.1) is 29.4 Å². The van der Waals surface area contributed by atoms with Gasteiger partial charge in [0.1, 0.15) is 6.54 Å². The molecule has 0 atom stereocenters. The molecule has 4 rings (SSSR count). The molecule has 0 N–H and O–H groups in total. The summed E-state index contributed by atoms with van der Waals surface area (Å²) >= 11 is 0. The molecule has 4 aromatic rings. The Bertz CT molecular complexity index is 1370. The van der Waals surface area contributed by atoms with Crippen molar-refractivity contribution >= 4 is 34.6 Å². The molecule has 0 spiro atoms. The SMILES string of the molecule is CCOC(=O)CN(C(=O)COC(=O)c1cc(-c2ccccc2)nc2c1cnn2CC)c1ccccc1. The van der Waals surface area contributed by atoms with E-state index in [9.17, 15) is 14.4 Å². The summed E-state index contributed by atoms with van der Waals surface area (Å²) in [6, 6.07) is 19.8. The zero-order valence-electron chi connectivity index (χ0n) is 20.1. The second-order valence-corrected chi connectivity index (χ2v) is 7.82. The van der Waals surface area contributed by atoms with E-state index in [0.717, 1.165) is 5.56 Å². The van der Waals surface area contributed by atoms with Gasteiger partial charge in [-0.1, -0.05) is 48.5 Å². The fraction of sp³-hybridized carbons (Fsp3) is 0.222. The molecule has 9 heteroatoms. The average molecular weight is 487 g/mol. The van der Waals surface area contributed by atoms with Crippen molar-refractivity contribution in [2.24, 2.45) is 0 Å². The molecule has 0 aliphatic rings. The average Bonchev–Trinajstić information content (AvgIpc) is 3.34. The molecule has 0 unspecified atom stereocenters. The van der Waals surface area contributed by atoms with Gasteiger partial charge in [0, 0.05) is 17.8 Å². The van der Waals surface area contributed by atoms with Crippen LogP contribution in [0.15, 0.2) is 72.9 Å². The van der Waals surface area contributed by atoms with Crippen LogP contribution in [-0.4, -0.2) is 52.4 Å². The molecule has 0 radical (unpaired) electrons. The Hall–Kier alpha value is -4.53. The number of benzene rings is 2. The molecule has 0 bridgehead atoms. The number of rotatable bonds is 9. The lowest BCUT2D eigenvalue weighted by Crippen LogP contribution is -2.39. The molecule has 2 heterocycles. The number of amides is 1. The van der Waals surface area contributed by atoms with Gasteiger partial charge < -0.3 is 9.47 Å². The largest absolute Gasteiger partial charge is 0.465 e. The van der Waals surface area contributed by atoms with E-state index in [2.05, 4.69) is 5.10 Å². The molecule has 0 aliphatic carbocycles. The number of nitrogens with zero attached hydrogens (tertiary/aromatic N) is 4. The normalized spacial score (nSPS) is 10.7. The van der Waals surface area contributed by atoms with Crippen LogP contribution >= 0.6 is 0 Å². The van der Waals surface area contributed by atoms with Crippen LogP contribution in [0.2, 0.25) is 0 Å². The molecule has 2 aromatic heterocycles. The molecule has 0 saturated heterocycles. The van der Waals surface area contributed by atoms with Crippen molar-refractivity contribution in [2.75, 3.05) is 24.7 Å². The van der Waals surface area contributed by atoms with E-state index in [1.807, 2.05) is 37.3 Å². The highest BCUT2D eigenvalue weighted by atomic mass is 16.5. The minimum absolute atomic E-state index is 0.192. The van der Waals surface area contributed by atoms with Gasteiger partial charge >= 0.3 is 11.9 Å². The second-order valence-electron chi connectivity index (χ2n) is 7.82. The number of esters is 2. The monoisotopic (exact) mass is 486 g/mol. The van der Waals surface area contributed by atoms with Crippen LogP contribution in [0, 0.1) is 0 Å². The van der Waals surface area contributed by atoms with Crippen LogP contribution < -0.4 is 4.90 Å². The first-order valence-electron chi connectivity index (χ1n) is 11.6. The second kappa shape index (κ2) is 11.3. The molecule has 184 valence electrons. The predicted octanol–water partition coefficient (Wildman–Crippen LogP) is 3.87. The van der Waals surface area contributed by atoms with Crippen molar-refractivity contribution in [2.45, 2.75) is 20.4 Å². The van der Waals surface area contributed by atoms with Gasteiger partial charge in [-0.05, 0) is 32.0 Å². The molecule has 0 fully saturated rings. The highest BCUT2D eigenvalue weighted by Crippen LogP contribution is 2.25. The maximum atomic E-state index is 13.2. The Balaban J connectivity index is 1.59. The van der Waals surface area contributed by atoms with Crippen molar-refractivity contribution in [1.82, 2.24) is 14.8 Å². The van der Waals surface area contributed by atoms with Crippen molar-refractivity contribution < 1.29 is 23.9 Å². The number of hydrogen-bond donors (Lipinski definition) is 0. The molecular formula is C27H26N4O5. The number of carbonyl (C=O) groups excluding carboxylic acids is 3. The number of hydrogen-bond acceptors (Lipinski definition) is 7. The van der Waals surface area contributed by atoms with Crippen LogP contribution in [0.25, 0.3) is 22.3 Å². The van der Waals surface area contributed by atoms with Gasteiger partial charge in [0.25, 0.3) is 5.91 Å².